The molecule has 0 bridgehead atoms. The summed E-state index contributed by atoms with van der Waals surface area (Å²) >= 11 is 0. The van der Waals surface area contributed by atoms with E-state index in [-0.39, 0.29) is 31.1 Å². The molecule has 0 amide bonds. The molecule has 6 nitrogen and oxygen atoms in total. The first-order chi connectivity index (χ1) is 41.0. The lowest BCUT2D eigenvalue weighted by atomic mass is 10.0. The highest BCUT2D eigenvalue weighted by molar-refractivity contribution is 5.71. The maximum absolute atomic E-state index is 13.0. The van der Waals surface area contributed by atoms with Crippen LogP contribution in [-0.2, 0) is 28.6 Å². The van der Waals surface area contributed by atoms with E-state index in [2.05, 4.69) is 118 Å². The minimum atomic E-state index is -0.780. The van der Waals surface area contributed by atoms with Crippen LogP contribution in [0.4, 0.5) is 0 Å². The number of hydrogen-bond donors (Lipinski definition) is 0. The molecule has 0 N–H and O–H groups in total. The Kier molecular flexibility index (Phi) is 67.7. The molecule has 6 heteroatoms. The van der Waals surface area contributed by atoms with Crippen molar-refractivity contribution >= 4 is 17.9 Å². The SMILES string of the molecule is CC/C=C\C/C=C\C/C=C\C/C=C\CCCCCCCCCCCCCCCCC(=O)OCC(COC(=O)CCCCCCCCCCCCCCCCC)OC(=O)CCCCCCCCCCCC/C=C\C/C=C\C/C=C\C/C=C\CC. The van der Waals surface area contributed by atoms with Crippen LogP contribution in [-0.4, -0.2) is 37.2 Å². The van der Waals surface area contributed by atoms with Crippen molar-refractivity contribution in [2.45, 2.75) is 361 Å². The van der Waals surface area contributed by atoms with Crippen LogP contribution in [0.1, 0.15) is 355 Å². The quantitative estimate of drug-likeness (QED) is 0.0261. The number of ether oxygens (including phenoxy) is 3. The van der Waals surface area contributed by atoms with Gasteiger partial charge in [0.25, 0.3) is 0 Å². The van der Waals surface area contributed by atoms with Gasteiger partial charge >= 0.3 is 17.9 Å². The fourth-order valence-electron chi connectivity index (χ4n) is 10.3. The molecule has 0 aliphatic rings. The highest BCUT2D eigenvalue weighted by atomic mass is 16.6. The van der Waals surface area contributed by atoms with Gasteiger partial charge in [-0.3, -0.25) is 14.4 Å². The summed E-state index contributed by atoms with van der Waals surface area (Å²) in [5.41, 5.74) is 0. The Balaban J connectivity index is 4.30. The third-order valence-corrected chi connectivity index (χ3v) is 15.6. The Labute approximate surface area is 515 Å². The average Bonchev–Trinajstić information content (AvgIpc) is 3.49. The number of allylic oxidation sites excluding steroid dienone is 16. The third-order valence-electron chi connectivity index (χ3n) is 15.6. The lowest BCUT2D eigenvalue weighted by Crippen LogP contribution is -2.30. The largest absolute Gasteiger partial charge is 0.462 e. The number of carbonyl (C=O) groups is 3. The van der Waals surface area contributed by atoms with E-state index in [4.69, 9.17) is 14.2 Å². The first-order valence-electron chi connectivity index (χ1n) is 35.7. The van der Waals surface area contributed by atoms with Gasteiger partial charge in [-0.25, -0.2) is 0 Å². The predicted molar refractivity (Wildman–Crippen MR) is 362 cm³/mol. The monoisotopic (exact) mass is 1160 g/mol. The molecule has 1 atom stereocenters. The van der Waals surface area contributed by atoms with Gasteiger partial charge in [-0.15, -0.1) is 0 Å². The van der Waals surface area contributed by atoms with Gasteiger partial charge in [-0.05, 0) is 96.3 Å². The van der Waals surface area contributed by atoms with Gasteiger partial charge in [-0.1, -0.05) is 336 Å². The summed E-state index contributed by atoms with van der Waals surface area (Å²) in [7, 11) is 0. The Bertz CT molecular complexity index is 1610. The Morgan fingerprint density at radius 2 is 0.470 bits per heavy atom. The van der Waals surface area contributed by atoms with Gasteiger partial charge in [0.15, 0.2) is 6.10 Å². The number of hydrogen-bond acceptors (Lipinski definition) is 6. The van der Waals surface area contributed by atoms with Crippen molar-refractivity contribution in [3.05, 3.63) is 97.2 Å². The van der Waals surface area contributed by atoms with E-state index in [9.17, 15) is 14.4 Å². The van der Waals surface area contributed by atoms with Crippen LogP contribution in [0.2, 0.25) is 0 Å². The minimum Gasteiger partial charge on any atom is -0.462 e. The summed E-state index contributed by atoms with van der Waals surface area (Å²) in [6.45, 7) is 6.46. The fraction of sp³-hybridized carbons (Fsp3) is 0.753. The first kappa shape index (κ1) is 79.3. The molecule has 0 aromatic rings. The molecule has 0 saturated carbocycles. The molecule has 0 rings (SSSR count). The summed E-state index contributed by atoms with van der Waals surface area (Å²) < 4.78 is 17.0. The molecule has 83 heavy (non-hydrogen) atoms. The van der Waals surface area contributed by atoms with E-state index in [0.29, 0.717) is 19.3 Å². The second kappa shape index (κ2) is 70.8. The van der Waals surface area contributed by atoms with Crippen LogP contribution in [0.5, 0.6) is 0 Å². The molecule has 0 aromatic heterocycles. The summed E-state index contributed by atoms with van der Waals surface area (Å²) in [5.74, 6) is -0.859. The number of esters is 3. The van der Waals surface area contributed by atoms with Gasteiger partial charge in [0.1, 0.15) is 13.2 Å². The maximum Gasteiger partial charge on any atom is 0.306 e. The van der Waals surface area contributed by atoms with Crippen molar-refractivity contribution < 1.29 is 28.6 Å². The fourth-order valence-corrected chi connectivity index (χ4v) is 10.3. The van der Waals surface area contributed by atoms with E-state index < -0.39 is 6.10 Å². The van der Waals surface area contributed by atoms with Crippen molar-refractivity contribution in [1.82, 2.24) is 0 Å². The number of rotatable bonds is 65. The van der Waals surface area contributed by atoms with Crippen LogP contribution in [0.25, 0.3) is 0 Å². The molecule has 0 aliphatic heterocycles. The molecule has 0 aliphatic carbocycles. The molecular weight excluding hydrogens is 1020 g/mol. The Morgan fingerprint density at radius 3 is 0.735 bits per heavy atom. The molecule has 0 fully saturated rings. The van der Waals surface area contributed by atoms with Crippen molar-refractivity contribution in [2.75, 3.05) is 13.2 Å². The Hall–Kier alpha value is -3.67. The maximum atomic E-state index is 13.0. The second-order valence-corrected chi connectivity index (χ2v) is 23.7. The van der Waals surface area contributed by atoms with Gasteiger partial charge in [0, 0.05) is 19.3 Å². The standard InChI is InChI=1S/C77H134O6/c1-4-7-10-13-16-19-22-25-28-30-32-34-36-37-38-39-41-42-44-46-49-52-55-58-61-64-67-70-76(79)82-73-74(72-81-75(78)69-66-63-60-57-54-51-48-27-24-21-18-15-12-9-6-3)83-77(80)71-68-65-62-59-56-53-50-47-45-43-40-35-33-31-29-26-23-20-17-14-11-8-5-2/h7-8,10-11,16-17,19-20,25-26,28-29,32-35,74H,4-6,9,12-15,18,21-24,27,30-31,36-73H2,1-3H3/b10-7-,11-8-,19-16-,20-17-,28-25-,29-26-,34-32-,35-33-. The molecule has 478 valence electrons. The average molecular weight is 1160 g/mol. The summed E-state index contributed by atoms with van der Waals surface area (Å²) in [6, 6.07) is 0. The molecule has 1 unspecified atom stereocenters. The van der Waals surface area contributed by atoms with Crippen molar-refractivity contribution in [2.24, 2.45) is 0 Å². The zero-order valence-electron chi connectivity index (χ0n) is 54.9. The van der Waals surface area contributed by atoms with Crippen molar-refractivity contribution in [3.63, 3.8) is 0 Å². The minimum absolute atomic E-state index is 0.0746. The normalized spacial score (nSPS) is 12.7. The van der Waals surface area contributed by atoms with Crippen LogP contribution in [0.15, 0.2) is 97.2 Å². The topological polar surface area (TPSA) is 78.9 Å². The highest BCUT2D eigenvalue weighted by Gasteiger charge is 2.19. The van der Waals surface area contributed by atoms with Crippen LogP contribution in [0, 0.1) is 0 Å². The summed E-state index contributed by atoms with van der Waals surface area (Å²) in [4.78, 5) is 38.5. The Morgan fingerprint density at radius 1 is 0.253 bits per heavy atom. The van der Waals surface area contributed by atoms with E-state index in [1.165, 1.54) is 205 Å². The van der Waals surface area contributed by atoms with Crippen LogP contribution in [0.3, 0.4) is 0 Å². The van der Waals surface area contributed by atoms with Crippen LogP contribution >= 0.6 is 0 Å². The summed E-state index contributed by atoms with van der Waals surface area (Å²) in [6.07, 6.45) is 95.7. The number of carbonyl (C=O) groups excluding carboxylic acids is 3. The lowest BCUT2D eigenvalue weighted by molar-refractivity contribution is -0.167. The second-order valence-electron chi connectivity index (χ2n) is 23.7. The third kappa shape index (κ3) is 69.0. The smallest absolute Gasteiger partial charge is 0.306 e. The van der Waals surface area contributed by atoms with E-state index in [1.807, 2.05) is 0 Å². The zero-order chi connectivity index (χ0) is 59.9. The van der Waals surface area contributed by atoms with Crippen molar-refractivity contribution in [3.8, 4) is 0 Å². The predicted octanol–water partition coefficient (Wildman–Crippen LogP) is 24.8. The van der Waals surface area contributed by atoms with E-state index >= 15 is 0 Å². The lowest BCUT2D eigenvalue weighted by Gasteiger charge is -2.18. The molecule has 0 heterocycles. The van der Waals surface area contributed by atoms with E-state index in [0.717, 1.165) is 109 Å². The van der Waals surface area contributed by atoms with Gasteiger partial charge in [0.05, 0.1) is 0 Å². The van der Waals surface area contributed by atoms with Crippen molar-refractivity contribution in [1.29, 1.82) is 0 Å². The van der Waals surface area contributed by atoms with Gasteiger partial charge < -0.3 is 14.2 Å². The van der Waals surface area contributed by atoms with Crippen LogP contribution < -0.4 is 0 Å². The molecule has 0 aromatic carbocycles. The zero-order valence-corrected chi connectivity index (χ0v) is 54.9. The first-order valence-corrected chi connectivity index (χ1v) is 35.7. The molecule has 0 radical (unpaired) electrons. The van der Waals surface area contributed by atoms with Gasteiger partial charge in [0.2, 0.25) is 0 Å². The summed E-state index contributed by atoms with van der Waals surface area (Å²) in [5, 5.41) is 0. The number of unbranched alkanes of at least 4 members (excludes halogenated alkanes) is 38. The highest BCUT2D eigenvalue weighted by Crippen LogP contribution is 2.18. The van der Waals surface area contributed by atoms with Gasteiger partial charge in [-0.2, -0.15) is 0 Å². The molecular formula is C77H134O6. The van der Waals surface area contributed by atoms with E-state index in [1.54, 1.807) is 0 Å². The molecule has 0 saturated heterocycles. The molecule has 0 spiro atoms.